The number of halogens is 4. The average molecular weight is 654 g/mol. The molecule has 232 valence electrons. The molecule has 0 bridgehead atoms. The molecule has 0 spiro atoms. The third-order valence-electron chi connectivity index (χ3n) is 6.06. The summed E-state index contributed by atoms with van der Waals surface area (Å²) in [6.07, 6.45) is -3.05. The van der Waals surface area contributed by atoms with Crippen LogP contribution in [0.4, 0.5) is 24.5 Å². The number of carbonyl (C=O) groups excluding carboxylic acids is 3. The van der Waals surface area contributed by atoms with E-state index in [4.69, 9.17) is 16.3 Å². The number of anilines is 2. The standard InChI is InChI=1S/C33H27ClF3N3O4S/c1-2-44-25-14-11-21(12-15-25)17-29(40-31(42)22-7-4-3-5-8-22)32(43)38-24-9-6-10-26(19-24)45-20-30(41)39-28-18-23(33(35,36)37)13-16-27(28)34/h3-19H,2,20H2,1H3,(H,38,43)(H,39,41)(H,40,42)/b29-17+. The van der Waals surface area contributed by atoms with Crippen LogP contribution in [0.5, 0.6) is 5.75 Å². The van der Waals surface area contributed by atoms with Gasteiger partial charge in [-0.3, -0.25) is 14.4 Å². The third kappa shape index (κ3) is 9.88. The number of thioether (sulfide) groups is 1. The van der Waals surface area contributed by atoms with E-state index in [-0.39, 0.29) is 22.2 Å². The molecule has 0 radical (unpaired) electrons. The van der Waals surface area contributed by atoms with Gasteiger partial charge in [0.15, 0.2) is 0 Å². The Kier molecular flexibility index (Phi) is 11.3. The highest BCUT2D eigenvalue weighted by Crippen LogP contribution is 2.34. The van der Waals surface area contributed by atoms with E-state index in [0.717, 1.165) is 30.0 Å². The van der Waals surface area contributed by atoms with Crippen LogP contribution in [0.2, 0.25) is 5.02 Å². The Labute approximate surface area is 266 Å². The lowest BCUT2D eigenvalue weighted by Gasteiger charge is -2.13. The number of ether oxygens (including phenoxy) is 1. The van der Waals surface area contributed by atoms with Gasteiger partial charge in [-0.1, -0.05) is 48.0 Å². The van der Waals surface area contributed by atoms with Crippen LogP contribution in [0.3, 0.4) is 0 Å². The summed E-state index contributed by atoms with van der Waals surface area (Å²) in [6, 6.07) is 24.8. The molecule has 4 aromatic rings. The summed E-state index contributed by atoms with van der Waals surface area (Å²) in [4.78, 5) is 39.4. The molecule has 4 rings (SSSR count). The van der Waals surface area contributed by atoms with Crippen LogP contribution in [0, 0.1) is 0 Å². The Bertz CT molecular complexity index is 1700. The van der Waals surface area contributed by atoms with E-state index in [9.17, 15) is 27.6 Å². The van der Waals surface area contributed by atoms with Crippen molar-refractivity contribution in [2.75, 3.05) is 23.0 Å². The molecule has 3 N–H and O–H groups in total. The fraction of sp³-hybridized carbons (Fsp3) is 0.121. The van der Waals surface area contributed by atoms with Crippen molar-refractivity contribution >= 4 is 58.5 Å². The minimum atomic E-state index is -4.59. The van der Waals surface area contributed by atoms with Crippen molar-refractivity contribution in [2.45, 2.75) is 18.0 Å². The average Bonchev–Trinajstić information content (AvgIpc) is 3.02. The zero-order valence-electron chi connectivity index (χ0n) is 23.8. The molecule has 0 aliphatic heterocycles. The molecule has 7 nitrogen and oxygen atoms in total. The SMILES string of the molecule is CCOc1ccc(/C=C(/NC(=O)c2ccccc2)C(=O)Nc2cccc(SCC(=O)Nc3cc(C(F)(F)F)ccc3Cl)c2)cc1. The molecule has 4 aromatic carbocycles. The smallest absolute Gasteiger partial charge is 0.416 e. The molecule has 0 aliphatic rings. The van der Waals surface area contributed by atoms with Crippen molar-refractivity contribution in [3.8, 4) is 5.75 Å². The highest BCUT2D eigenvalue weighted by Gasteiger charge is 2.31. The molecule has 0 fully saturated rings. The molecule has 0 heterocycles. The van der Waals surface area contributed by atoms with Crippen LogP contribution < -0.4 is 20.7 Å². The van der Waals surface area contributed by atoms with Crippen LogP contribution >= 0.6 is 23.4 Å². The number of nitrogens with one attached hydrogen (secondary N) is 3. The molecule has 0 unspecified atom stereocenters. The minimum absolute atomic E-state index is 0.0107. The molecule has 0 aliphatic carbocycles. The van der Waals surface area contributed by atoms with Crippen molar-refractivity contribution in [1.29, 1.82) is 0 Å². The van der Waals surface area contributed by atoms with Crippen LogP contribution in [0.25, 0.3) is 6.08 Å². The van der Waals surface area contributed by atoms with Gasteiger partial charge < -0.3 is 20.7 Å². The van der Waals surface area contributed by atoms with E-state index in [1.165, 1.54) is 6.08 Å². The summed E-state index contributed by atoms with van der Waals surface area (Å²) >= 11 is 7.08. The molecule has 0 saturated carbocycles. The summed E-state index contributed by atoms with van der Waals surface area (Å²) in [5.74, 6) is -1.11. The summed E-state index contributed by atoms with van der Waals surface area (Å²) in [6.45, 7) is 2.37. The summed E-state index contributed by atoms with van der Waals surface area (Å²) < 4.78 is 44.6. The van der Waals surface area contributed by atoms with E-state index in [1.807, 2.05) is 6.92 Å². The first-order valence-corrected chi connectivity index (χ1v) is 14.9. The molecule has 0 atom stereocenters. The first-order valence-electron chi connectivity index (χ1n) is 13.5. The fourth-order valence-electron chi connectivity index (χ4n) is 3.93. The molecular formula is C33H27ClF3N3O4S. The number of rotatable bonds is 11. The van der Waals surface area contributed by atoms with Crippen LogP contribution in [-0.4, -0.2) is 30.1 Å². The van der Waals surface area contributed by atoms with Gasteiger partial charge in [-0.15, -0.1) is 11.8 Å². The molecule has 3 amide bonds. The number of benzene rings is 4. The van der Waals surface area contributed by atoms with Gasteiger partial charge in [-0.05, 0) is 79.2 Å². The lowest BCUT2D eigenvalue weighted by molar-refractivity contribution is -0.137. The van der Waals surface area contributed by atoms with Crippen molar-refractivity contribution in [3.63, 3.8) is 0 Å². The van der Waals surface area contributed by atoms with Crippen molar-refractivity contribution in [3.05, 3.63) is 124 Å². The highest BCUT2D eigenvalue weighted by molar-refractivity contribution is 8.00. The van der Waals surface area contributed by atoms with Gasteiger partial charge in [0.2, 0.25) is 5.91 Å². The predicted octanol–water partition coefficient (Wildman–Crippen LogP) is 7.90. The van der Waals surface area contributed by atoms with Crippen molar-refractivity contribution < 1.29 is 32.3 Å². The molecule has 12 heteroatoms. The van der Waals surface area contributed by atoms with E-state index in [1.54, 1.807) is 78.9 Å². The molecule has 45 heavy (non-hydrogen) atoms. The van der Waals surface area contributed by atoms with Crippen molar-refractivity contribution in [2.24, 2.45) is 0 Å². The Morgan fingerprint density at radius 1 is 0.889 bits per heavy atom. The second-order valence-electron chi connectivity index (χ2n) is 9.39. The maximum absolute atomic E-state index is 13.4. The van der Waals surface area contributed by atoms with E-state index >= 15 is 0 Å². The second-order valence-corrected chi connectivity index (χ2v) is 10.8. The largest absolute Gasteiger partial charge is 0.494 e. The van der Waals surface area contributed by atoms with Gasteiger partial charge in [0, 0.05) is 16.1 Å². The second kappa shape index (κ2) is 15.3. The number of amides is 3. The topological polar surface area (TPSA) is 96.5 Å². The summed E-state index contributed by atoms with van der Waals surface area (Å²) in [5, 5.41) is 7.81. The van der Waals surface area contributed by atoms with Crippen LogP contribution in [0.15, 0.2) is 108 Å². The monoisotopic (exact) mass is 653 g/mol. The van der Waals surface area contributed by atoms with Gasteiger partial charge in [-0.25, -0.2) is 0 Å². The van der Waals surface area contributed by atoms with Gasteiger partial charge >= 0.3 is 6.18 Å². The Morgan fingerprint density at radius 3 is 2.31 bits per heavy atom. The van der Waals surface area contributed by atoms with Crippen LogP contribution in [0.1, 0.15) is 28.4 Å². The van der Waals surface area contributed by atoms with Crippen LogP contribution in [-0.2, 0) is 15.8 Å². The highest BCUT2D eigenvalue weighted by atomic mass is 35.5. The Balaban J connectivity index is 1.45. The zero-order chi connectivity index (χ0) is 32.4. The Morgan fingerprint density at radius 2 is 1.62 bits per heavy atom. The lowest BCUT2D eigenvalue weighted by atomic mass is 10.1. The number of carbonyl (C=O) groups is 3. The fourth-order valence-corrected chi connectivity index (χ4v) is 4.85. The van der Waals surface area contributed by atoms with Crippen molar-refractivity contribution in [1.82, 2.24) is 5.32 Å². The van der Waals surface area contributed by atoms with Gasteiger partial charge in [0.25, 0.3) is 11.8 Å². The number of alkyl halides is 3. The Hall–Kier alpha value is -4.74. The van der Waals surface area contributed by atoms with Gasteiger partial charge in [0.05, 0.1) is 28.6 Å². The first-order chi connectivity index (χ1) is 21.5. The maximum Gasteiger partial charge on any atom is 0.416 e. The number of hydrogen-bond acceptors (Lipinski definition) is 5. The molecule has 0 aromatic heterocycles. The predicted molar refractivity (Wildman–Crippen MR) is 170 cm³/mol. The van der Waals surface area contributed by atoms with E-state index in [0.29, 0.717) is 34.1 Å². The molecular weight excluding hydrogens is 627 g/mol. The maximum atomic E-state index is 13.4. The van der Waals surface area contributed by atoms with E-state index < -0.39 is 29.5 Å². The summed E-state index contributed by atoms with van der Waals surface area (Å²) in [5.41, 5.74) is 0.303. The quantitative estimate of drug-likeness (QED) is 0.113. The zero-order valence-corrected chi connectivity index (χ0v) is 25.4. The lowest BCUT2D eigenvalue weighted by Crippen LogP contribution is -2.30. The molecule has 0 saturated heterocycles. The summed E-state index contributed by atoms with van der Waals surface area (Å²) in [7, 11) is 0. The first kappa shape index (κ1) is 33.2. The van der Waals surface area contributed by atoms with Gasteiger partial charge in [-0.2, -0.15) is 13.2 Å². The third-order valence-corrected chi connectivity index (χ3v) is 7.38. The van der Waals surface area contributed by atoms with Gasteiger partial charge in [0.1, 0.15) is 11.4 Å². The van der Waals surface area contributed by atoms with E-state index in [2.05, 4.69) is 16.0 Å². The number of hydrogen-bond donors (Lipinski definition) is 3. The normalized spacial score (nSPS) is 11.4. The minimum Gasteiger partial charge on any atom is -0.494 e.